The van der Waals surface area contributed by atoms with Gasteiger partial charge in [0.2, 0.25) is 0 Å². The minimum absolute atomic E-state index is 0.0474. The first-order chi connectivity index (χ1) is 13.1. The van der Waals surface area contributed by atoms with E-state index in [2.05, 4.69) is 11.9 Å². The van der Waals surface area contributed by atoms with Gasteiger partial charge in [-0.05, 0) is 42.8 Å². The molecule has 0 unspecified atom stereocenters. The van der Waals surface area contributed by atoms with Crippen molar-refractivity contribution in [3.63, 3.8) is 0 Å². The summed E-state index contributed by atoms with van der Waals surface area (Å²) in [6.45, 7) is 1.42. The molecule has 5 heteroatoms. The fourth-order valence-corrected chi connectivity index (χ4v) is 5.33. The van der Waals surface area contributed by atoms with Crippen molar-refractivity contribution in [1.29, 1.82) is 0 Å². The fourth-order valence-electron chi connectivity index (χ4n) is 5.33. The number of Topliss-reactive ketones (excluding diaryl/α,β-unsaturated/α-hetero) is 1. The maximum absolute atomic E-state index is 13.6. The van der Waals surface area contributed by atoms with Crippen molar-refractivity contribution in [1.82, 2.24) is 9.47 Å². The van der Waals surface area contributed by atoms with Crippen molar-refractivity contribution in [3.8, 4) is 5.69 Å². The van der Waals surface area contributed by atoms with Gasteiger partial charge in [-0.1, -0.05) is 30.3 Å². The number of aliphatic hydroxyl groups is 1. The number of nitrogens with zero attached hydrogens (tertiary/aromatic N) is 2. The summed E-state index contributed by atoms with van der Waals surface area (Å²) in [4.78, 5) is 28.7. The Morgan fingerprint density at radius 2 is 2.04 bits per heavy atom. The number of aromatic nitrogens is 1. The lowest BCUT2D eigenvalue weighted by molar-refractivity contribution is -0.124. The molecule has 2 bridgehead atoms. The van der Waals surface area contributed by atoms with Crippen molar-refractivity contribution in [2.75, 3.05) is 26.7 Å². The van der Waals surface area contributed by atoms with Gasteiger partial charge in [-0.3, -0.25) is 14.2 Å². The highest BCUT2D eigenvalue weighted by molar-refractivity contribution is 5.99. The van der Waals surface area contributed by atoms with E-state index in [1.165, 1.54) is 0 Å². The molecule has 1 aliphatic carbocycles. The van der Waals surface area contributed by atoms with E-state index in [0.717, 1.165) is 41.2 Å². The number of ketones is 1. The van der Waals surface area contributed by atoms with Crippen LogP contribution in [0, 0.1) is 0 Å². The Labute approximate surface area is 157 Å². The van der Waals surface area contributed by atoms with Crippen LogP contribution < -0.4 is 5.56 Å². The van der Waals surface area contributed by atoms with E-state index in [-0.39, 0.29) is 23.9 Å². The van der Waals surface area contributed by atoms with Crippen LogP contribution in [0.4, 0.5) is 0 Å². The van der Waals surface area contributed by atoms with Gasteiger partial charge in [0, 0.05) is 30.6 Å². The predicted octanol–water partition coefficient (Wildman–Crippen LogP) is 1.75. The van der Waals surface area contributed by atoms with Gasteiger partial charge >= 0.3 is 0 Å². The first kappa shape index (κ1) is 16.7. The number of hydrogen-bond acceptors (Lipinski definition) is 4. The third-order valence-corrected chi connectivity index (χ3v) is 6.49. The van der Waals surface area contributed by atoms with Crippen molar-refractivity contribution in [3.05, 3.63) is 75.2 Å². The third kappa shape index (κ3) is 2.07. The lowest BCUT2D eigenvalue weighted by Crippen LogP contribution is -2.43. The second kappa shape index (κ2) is 5.75. The summed E-state index contributed by atoms with van der Waals surface area (Å²) in [6.07, 6.45) is 2.91. The van der Waals surface area contributed by atoms with Gasteiger partial charge in [-0.25, -0.2) is 0 Å². The minimum atomic E-state index is -0.744. The SMILES string of the molecule is CN1CC[C@@]23C(=O)C[C@@H](C(=CCO)C1)c1ccc(=O)n(c12)-c1ccccc13. The average molecular weight is 362 g/mol. The Morgan fingerprint density at radius 3 is 2.85 bits per heavy atom. The quantitative estimate of drug-likeness (QED) is 0.785. The van der Waals surface area contributed by atoms with Crippen LogP contribution >= 0.6 is 0 Å². The van der Waals surface area contributed by atoms with Crippen LogP contribution in [0.5, 0.6) is 0 Å². The zero-order valence-electron chi connectivity index (χ0n) is 15.3. The fraction of sp³-hybridized carbons (Fsp3) is 0.364. The van der Waals surface area contributed by atoms with Crippen LogP contribution in [0.15, 0.2) is 52.8 Å². The van der Waals surface area contributed by atoms with Crippen LogP contribution in [0.2, 0.25) is 0 Å². The highest BCUT2D eigenvalue weighted by Gasteiger charge is 2.55. The molecule has 0 amide bonds. The maximum Gasteiger partial charge on any atom is 0.255 e. The second-order valence-electron chi connectivity index (χ2n) is 7.86. The molecule has 1 N–H and O–H groups in total. The van der Waals surface area contributed by atoms with Gasteiger partial charge in [0.25, 0.3) is 5.56 Å². The normalized spacial score (nSPS) is 27.9. The molecule has 4 aliphatic rings. The molecule has 0 radical (unpaired) electrons. The van der Waals surface area contributed by atoms with E-state index < -0.39 is 5.41 Å². The summed E-state index contributed by atoms with van der Waals surface area (Å²) in [5, 5.41) is 9.55. The van der Waals surface area contributed by atoms with Gasteiger partial charge in [0.15, 0.2) is 0 Å². The lowest BCUT2D eigenvalue weighted by atomic mass is 9.63. The number of para-hydroxylation sites is 1. The molecule has 6 rings (SSSR count). The van der Waals surface area contributed by atoms with Gasteiger partial charge in [-0.15, -0.1) is 0 Å². The smallest absolute Gasteiger partial charge is 0.255 e. The molecule has 0 saturated carbocycles. The highest BCUT2D eigenvalue weighted by atomic mass is 16.2. The molecule has 1 aromatic heterocycles. The van der Waals surface area contributed by atoms with Crippen LogP contribution in [0.3, 0.4) is 0 Å². The molecule has 1 fully saturated rings. The first-order valence-electron chi connectivity index (χ1n) is 9.46. The average Bonchev–Trinajstić information content (AvgIpc) is 3.00. The second-order valence-corrected chi connectivity index (χ2v) is 7.86. The van der Waals surface area contributed by atoms with E-state index in [9.17, 15) is 14.7 Å². The summed E-state index contributed by atoms with van der Waals surface area (Å²) in [7, 11) is 2.05. The molecule has 5 nitrogen and oxygen atoms in total. The van der Waals surface area contributed by atoms with E-state index in [1.54, 1.807) is 10.6 Å². The van der Waals surface area contributed by atoms with Gasteiger partial charge < -0.3 is 10.0 Å². The summed E-state index contributed by atoms with van der Waals surface area (Å²) in [6, 6.07) is 11.4. The van der Waals surface area contributed by atoms with Crippen LogP contribution in [-0.2, 0) is 10.2 Å². The van der Waals surface area contributed by atoms with Crippen molar-refractivity contribution in [2.24, 2.45) is 0 Å². The Hall–Kier alpha value is -2.50. The molecular weight excluding hydrogens is 340 g/mol. The number of likely N-dealkylation sites (N-methyl/N-ethyl adjacent to an activating group) is 1. The van der Waals surface area contributed by atoms with E-state index >= 15 is 0 Å². The number of rotatable bonds is 1. The minimum Gasteiger partial charge on any atom is -0.392 e. The monoisotopic (exact) mass is 362 g/mol. The maximum atomic E-state index is 13.6. The van der Waals surface area contributed by atoms with Crippen LogP contribution in [-0.4, -0.2) is 47.1 Å². The molecule has 1 aromatic carbocycles. The lowest BCUT2D eigenvalue weighted by Gasteiger charge is -2.37. The molecular formula is C22H22N2O3. The zero-order chi connectivity index (χ0) is 18.8. The summed E-state index contributed by atoms with van der Waals surface area (Å²) in [5.74, 6) is 0.0953. The largest absolute Gasteiger partial charge is 0.392 e. The number of carbonyl (C=O) groups excluding carboxylic acids is 1. The molecule has 138 valence electrons. The highest BCUT2D eigenvalue weighted by Crippen LogP contribution is 2.54. The summed E-state index contributed by atoms with van der Waals surface area (Å²) >= 11 is 0. The van der Waals surface area contributed by atoms with Crippen molar-refractivity contribution < 1.29 is 9.90 Å². The molecule has 27 heavy (non-hydrogen) atoms. The molecule has 3 aliphatic heterocycles. The number of aliphatic hydroxyl groups excluding tert-OH is 1. The molecule has 1 spiro atoms. The number of fused-ring (bicyclic) bond motifs is 7. The Bertz CT molecular complexity index is 1050. The number of pyridine rings is 1. The molecule has 4 heterocycles. The van der Waals surface area contributed by atoms with Crippen molar-refractivity contribution >= 4 is 5.78 Å². The predicted molar refractivity (Wildman–Crippen MR) is 102 cm³/mol. The topological polar surface area (TPSA) is 62.5 Å². The summed E-state index contributed by atoms with van der Waals surface area (Å²) in [5.41, 5.74) is 3.94. The zero-order valence-corrected chi connectivity index (χ0v) is 15.3. The van der Waals surface area contributed by atoms with E-state index in [1.807, 2.05) is 36.4 Å². The van der Waals surface area contributed by atoms with Gasteiger partial charge in [0.1, 0.15) is 5.78 Å². The third-order valence-electron chi connectivity index (χ3n) is 6.49. The van der Waals surface area contributed by atoms with Crippen LogP contribution in [0.25, 0.3) is 5.69 Å². The number of benzene rings is 1. The molecule has 2 aromatic rings. The Morgan fingerprint density at radius 1 is 1.22 bits per heavy atom. The first-order valence-corrected chi connectivity index (χ1v) is 9.46. The van der Waals surface area contributed by atoms with Crippen molar-refractivity contribution in [2.45, 2.75) is 24.2 Å². The van der Waals surface area contributed by atoms with Gasteiger partial charge in [-0.2, -0.15) is 0 Å². The van der Waals surface area contributed by atoms with E-state index in [4.69, 9.17) is 0 Å². The molecule has 2 atom stereocenters. The summed E-state index contributed by atoms with van der Waals surface area (Å²) < 4.78 is 1.76. The van der Waals surface area contributed by atoms with E-state index in [0.29, 0.717) is 12.8 Å². The molecule has 1 saturated heterocycles. The van der Waals surface area contributed by atoms with Gasteiger partial charge in [0.05, 0.1) is 17.7 Å². The Balaban J connectivity index is 1.91. The number of hydrogen-bond donors (Lipinski definition) is 1. The number of carbonyl (C=O) groups is 1. The standard InChI is InChI=1S/C22H22N2O3/c1-23-10-9-22-17-4-2-3-5-18(17)24-20(27)7-6-15(21(22)24)16(12-19(22)26)14(13-23)8-11-25/h2-8,16,25H,9-13H2,1H3/t16-,22+/m0/s1. The van der Waals surface area contributed by atoms with Crippen LogP contribution in [0.1, 0.15) is 35.6 Å². The Kier molecular flexibility index (Phi) is 3.55.